The fraction of sp³-hybridized carbons (Fsp3) is 0.429. The molecule has 1 N–H and O–H groups in total. The van der Waals surface area contributed by atoms with E-state index in [2.05, 4.69) is 0 Å². The lowest BCUT2D eigenvalue weighted by molar-refractivity contribution is -0.144. The number of halogens is 3. The van der Waals surface area contributed by atoms with E-state index in [1.54, 1.807) is 13.8 Å². The molecule has 0 spiro atoms. The third-order valence-corrected chi connectivity index (χ3v) is 2.63. The van der Waals surface area contributed by atoms with Crippen LogP contribution in [0.5, 0.6) is 0 Å². The Morgan fingerprint density at radius 1 is 1.24 bits per heavy atom. The van der Waals surface area contributed by atoms with Gasteiger partial charge < -0.3 is 9.47 Å². The number of carbonyl (C=O) groups excluding carboxylic acids is 1. The van der Waals surface area contributed by atoms with Crippen molar-refractivity contribution in [3.63, 3.8) is 0 Å². The zero-order valence-corrected chi connectivity index (χ0v) is 11.7. The molecule has 1 aromatic rings. The smallest absolute Gasteiger partial charge is 0.416 e. The molecule has 0 aliphatic rings. The molecule has 1 atom stereocenters. The Labute approximate surface area is 120 Å². The first-order chi connectivity index (χ1) is 9.81. The lowest BCUT2D eigenvalue weighted by atomic mass is 9.97. The molecule has 0 heterocycles. The summed E-state index contributed by atoms with van der Waals surface area (Å²) in [6.07, 6.45) is -4.52. The number of hydrogen-bond donors (Lipinski definition) is 1. The van der Waals surface area contributed by atoms with Crippen molar-refractivity contribution in [2.75, 3.05) is 13.2 Å². The first-order valence-electron chi connectivity index (χ1n) is 6.36. The number of benzene rings is 1. The number of carbonyl (C=O) groups is 1. The van der Waals surface area contributed by atoms with Crippen LogP contribution in [0.1, 0.15) is 30.9 Å². The summed E-state index contributed by atoms with van der Waals surface area (Å²) in [5.41, 5.74) is -0.875. The largest absolute Gasteiger partial charge is 0.481 e. The number of rotatable bonds is 5. The van der Waals surface area contributed by atoms with Gasteiger partial charge in [-0.15, -0.1) is 0 Å². The van der Waals surface area contributed by atoms with Crippen LogP contribution in [0.2, 0.25) is 0 Å². The highest BCUT2D eigenvalue weighted by Gasteiger charge is 2.34. The molecule has 0 aliphatic carbocycles. The van der Waals surface area contributed by atoms with Crippen LogP contribution in [0, 0.1) is 5.41 Å². The van der Waals surface area contributed by atoms with Crippen molar-refractivity contribution in [2.45, 2.75) is 25.9 Å². The van der Waals surface area contributed by atoms with Crippen LogP contribution in [-0.2, 0) is 20.4 Å². The van der Waals surface area contributed by atoms with Gasteiger partial charge >= 0.3 is 12.1 Å². The minimum Gasteiger partial charge on any atom is -0.481 e. The molecule has 0 saturated heterocycles. The molecular formula is C14H16F3NO3. The lowest BCUT2D eigenvalue weighted by Gasteiger charge is -2.18. The molecule has 0 fully saturated rings. The standard InChI is InChI=1S/C14H16F3NO3/c1-3-20-12(18)11(13(19)21-4-2)9-6-5-7-10(8-9)14(15,16)17/h5-8,11,18H,3-4H2,1-2H3. The molecule has 0 saturated carbocycles. The van der Waals surface area contributed by atoms with Crippen LogP contribution in [0.25, 0.3) is 0 Å². The highest BCUT2D eigenvalue weighted by atomic mass is 19.4. The van der Waals surface area contributed by atoms with Gasteiger partial charge in [-0.1, -0.05) is 18.2 Å². The molecule has 21 heavy (non-hydrogen) atoms. The van der Waals surface area contributed by atoms with Gasteiger partial charge in [0.15, 0.2) is 11.8 Å². The molecular weight excluding hydrogens is 287 g/mol. The molecule has 0 amide bonds. The predicted octanol–water partition coefficient (Wildman–Crippen LogP) is 3.37. The Morgan fingerprint density at radius 3 is 2.38 bits per heavy atom. The van der Waals surface area contributed by atoms with Crippen molar-refractivity contribution in [3.8, 4) is 0 Å². The quantitative estimate of drug-likeness (QED) is 0.515. The van der Waals surface area contributed by atoms with Gasteiger partial charge in [0.2, 0.25) is 0 Å². The van der Waals surface area contributed by atoms with Gasteiger partial charge in [-0.25, -0.2) is 0 Å². The average molecular weight is 303 g/mol. The molecule has 4 nitrogen and oxygen atoms in total. The molecule has 1 unspecified atom stereocenters. The van der Waals surface area contributed by atoms with Gasteiger partial charge in [0.1, 0.15) is 0 Å². The molecule has 0 aliphatic heterocycles. The summed E-state index contributed by atoms with van der Waals surface area (Å²) < 4.78 is 47.9. The fourth-order valence-electron chi connectivity index (χ4n) is 1.75. The Hall–Kier alpha value is -2.05. The van der Waals surface area contributed by atoms with Gasteiger partial charge in [0.25, 0.3) is 0 Å². The van der Waals surface area contributed by atoms with Gasteiger partial charge in [-0.3, -0.25) is 10.2 Å². The molecule has 1 aromatic carbocycles. The minimum atomic E-state index is -4.52. The van der Waals surface area contributed by atoms with E-state index < -0.39 is 29.5 Å². The topological polar surface area (TPSA) is 59.4 Å². The summed E-state index contributed by atoms with van der Waals surface area (Å²) in [6.45, 7) is 3.38. The summed E-state index contributed by atoms with van der Waals surface area (Å²) in [6, 6.07) is 4.25. The van der Waals surface area contributed by atoms with E-state index in [0.29, 0.717) is 0 Å². The summed E-state index contributed by atoms with van der Waals surface area (Å²) in [4.78, 5) is 11.9. The molecule has 0 radical (unpaired) electrons. The minimum absolute atomic E-state index is 0.0155. The van der Waals surface area contributed by atoms with Crippen molar-refractivity contribution in [2.24, 2.45) is 0 Å². The first kappa shape index (κ1) is 17.0. The Kier molecular flexibility index (Phi) is 5.75. The SMILES string of the molecule is CCOC(=N)C(C(=O)OCC)c1cccc(C(F)(F)F)c1. The predicted molar refractivity (Wildman–Crippen MR) is 70.2 cm³/mol. The number of ether oxygens (including phenoxy) is 2. The van der Waals surface area contributed by atoms with Crippen molar-refractivity contribution in [1.29, 1.82) is 5.41 Å². The summed E-state index contributed by atoms with van der Waals surface area (Å²) in [5.74, 6) is -2.54. The lowest BCUT2D eigenvalue weighted by Crippen LogP contribution is -2.26. The number of esters is 1. The van der Waals surface area contributed by atoms with Crippen molar-refractivity contribution in [1.82, 2.24) is 0 Å². The maximum atomic E-state index is 12.7. The highest BCUT2D eigenvalue weighted by molar-refractivity contribution is 6.02. The van der Waals surface area contributed by atoms with Crippen LogP contribution >= 0.6 is 0 Å². The van der Waals surface area contributed by atoms with Gasteiger partial charge in [0.05, 0.1) is 18.8 Å². The van der Waals surface area contributed by atoms with Gasteiger partial charge in [-0.05, 0) is 25.5 Å². The van der Waals surface area contributed by atoms with E-state index in [1.807, 2.05) is 0 Å². The Bertz CT molecular complexity index is 496. The zero-order valence-electron chi connectivity index (χ0n) is 11.7. The Balaban J connectivity index is 3.20. The summed E-state index contributed by atoms with van der Waals surface area (Å²) >= 11 is 0. The first-order valence-corrected chi connectivity index (χ1v) is 6.36. The third kappa shape index (κ3) is 4.47. The highest BCUT2D eigenvalue weighted by Crippen LogP contribution is 2.31. The van der Waals surface area contributed by atoms with E-state index in [4.69, 9.17) is 14.9 Å². The fourth-order valence-corrected chi connectivity index (χ4v) is 1.75. The van der Waals surface area contributed by atoms with Crippen LogP contribution in [0.3, 0.4) is 0 Å². The van der Waals surface area contributed by atoms with Crippen molar-refractivity contribution >= 4 is 11.9 Å². The third-order valence-electron chi connectivity index (χ3n) is 2.63. The number of nitrogens with one attached hydrogen (secondary N) is 1. The van der Waals surface area contributed by atoms with Crippen LogP contribution in [0.15, 0.2) is 24.3 Å². The summed E-state index contributed by atoms with van der Waals surface area (Å²) in [5, 5.41) is 7.71. The Morgan fingerprint density at radius 2 is 1.86 bits per heavy atom. The number of hydrogen-bond acceptors (Lipinski definition) is 4. The second-order valence-electron chi connectivity index (χ2n) is 4.11. The van der Waals surface area contributed by atoms with E-state index in [1.165, 1.54) is 12.1 Å². The number of alkyl halides is 3. The average Bonchev–Trinajstić information content (AvgIpc) is 2.39. The maximum absolute atomic E-state index is 12.7. The van der Waals surface area contributed by atoms with Crippen molar-refractivity contribution < 1.29 is 27.4 Å². The second-order valence-corrected chi connectivity index (χ2v) is 4.11. The van der Waals surface area contributed by atoms with Crippen LogP contribution in [0.4, 0.5) is 13.2 Å². The second kappa shape index (κ2) is 7.10. The molecule has 1 rings (SSSR count). The van der Waals surface area contributed by atoms with E-state index >= 15 is 0 Å². The van der Waals surface area contributed by atoms with Gasteiger partial charge in [-0.2, -0.15) is 13.2 Å². The normalized spacial score (nSPS) is 12.6. The van der Waals surface area contributed by atoms with E-state index in [-0.39, 0.29) is 18.8 Å². The molecule has 0 aromatic heterocycles. The maximum Gasteiger partial charge on any atom is 0.416 e. The van der Waals surface area contributed by atoms with E-state index in [9.17, 15) is 18.0 Å². The van der Waals surface area contributed by atoms with Gasteiger partial charge in [0, 0.05) is 0 Å². The zero-order chi connectivity index (χ0) is 16.0. The van der Waals surface area contributed by atoms with Crippen LogP contribution < -0.4 is 0 Å². The monoisotopic (exact) mass is 303 g/mol. The molecule has 7 heteroatoms. The van der Waals surface area contributed by atoms with E-state index in [0.717, 1.165) is 12.1 Å². The summed E-state index contributed by atoms with van der Waals surface area (Å²) in [7, 11) is 0. The van der Waals surface area contributed by atoms with Crippen molar-refractivity contribution in [3.05, 3.63) is 35.4 Å². The van der Waals surface area contributed by atoms with Crippen LogP contribution in [-0.4, -0.2) is 25.1 Å². The molecule has 116 valence electrons. The molecule has 0 bridgehead atoms.